The monoisotopic (exact) mass is 446 g/mol. The molecule has 0 fully saturated rings. The zero-order chi connectivity index (χ0) is 23.2. The summed E-state index contributed by atoms with van der Waals surface area (Å²) in [6, 6.07) is 7.50. The van der Waals surface area contributed by atoms with Crippen LogP contribution < -0.4 is 10.6 Å². The van der Waals surface area contributed by atoms with E-state index in [9.17, 15) is 18.4 Å². The Bertz CT molecular complexity index is 1400. The summed E-state index contributed by atoms with van der Waals surface area (Å²) in [5, 5.41) is 12.8. The van der Waals surface area contributed by atoms with Crippen molar-refractivity contribution in [1.82, 2.24) is 20.2 Å². The molecule has 0 bridgehead atoms. The number of hydrogen-bond acceptors (Lipinski definition) is 5. The molecule has 0 saturated heterocycles. The highest BCUT2D eigenvalue weighted by Crippen LogP contribution is 2.24. The molecule has 0 unspecified atom stereocenters. The fourth-order valence-corrected chi connectivity index (χ4v) is 2.91. The molecule has 2 amide bonds. The summed E-state index contributed by atoms with van der Waals surface area (Å²) >= 11 is 0. The molecule has 0 aliphatic carbocycles. The van der Waals surface area contributed by atoms with Crippen LogP contribution in [0.1, 0.15) is 11.1 Å². The average Bonchev–Trinajstić information content (AvgIpc) is 3.18. The molecular formula is C23H16F2N6O2. The SMILES string of the molecule is O=C(/C=C/c1cncc(F)c1)Nc1ccc2[nH]nc(NC(=O)/C=C/c3cncc(F)c3)c2c1. The lowest BCUT2D eigenvalue weighted by molar-refractivity contribution is -0.112. The van der Waals surface area contributed by atoms with Crippen LogP contribution in [0.25, 0.3) is 23.1 Å². The maximum atomic E-state index is 13.2. The van der Waals surface area contributed by atoms with Crippen molar-refractivity contribution in [3.63, 3.8) is 0 Å². The average molecular weight is 446 g/mol. The molecule has 0 atom stereocenters. The highest BCUT2D eigenvalue weighted by molar-refractivity contribution is 6.07. The molecule has 8 nitrogen and oxygen atoms in total. The second kappa shape index (κ2) is 9.60. The predicted octanol–water partition coefficient (Wildman–Crippen LogP) is 3.93. The first-order valence-electron chi connectivity index (χ1n) is 9.64. The van der Waals surface area contributed by atoms with E-state index >= 15 is 0 Å². The summed E-state index contributed by atoms with van der Waals surface area (Å²) in [6.07, 6.45) is 10.3. The van der Waals surface area contributed by atoms with Crippen LogP contribution in [-0.2, 0) is 9.59 Å². The van der Waals surface area contributed by atoms with E-state index in [1.165, 1.54) is 48.8 Å². The number of nitrogens with zero attached hydrogens (tertiary/aromatic N) is 3. The van der Waals surface area contributed by atoms with Crippen molar-refractivity contribution in [3.8, 4) is 0 Å². The summed E-state index contributed by atoms with van der Waals surface area (Å²) < 4.78 is 26.4. The Kier molecular flexibility index (Phi) is 6.26. The summed E-state index contributed by atoms with van der Waals surface area (Å²) in [5.74, 6) is -1.66. The molecule has 33 heavy (non-hydrogen) atoms. The van der Waals surface area contributed by atoms with Crippen molar-refractivity contribution in [2.45, 2.75) is 0 Å². The second-order valence-electron chi connectivity index (χ2n) is 6.85. The largest absolute Gasteiger partial charge is 0.322 e. The zero-order valence-electron chi connectivity index (χ0n) is 16.9. The van der Waals surface area contributed by atoms with E-state index in [-0.39, 0.29) is 5.82 Å². The summed E-state index contributed by atoms with van der Waals surface area (Å²) in [7, 11) is 0. The van der Waals surface area contributed by atoms with Crippen molar-refractivity contribution < 1.29 is 18.4 Å². The van der Waals surface area contributed by atoms with Gasteiger partial charge in [0.25, 0.3) is 0 Å². The fraction of sp³-hybridized carbons (Fsp3) is 0. The molecule has 10 heteroatoms. The standard InChI is InChI=1S/C23H16F2N6O2/c24-16-7-14(10-26-12-16)1-5-21(32)28-18-3-4-20-19(9-18)23(31-30-20)29-22(33)6-2-15-8-17(25)13-27-11-15/h1-13H,(H,28,32)(H2,29,30,31,33)/b5-1+,6-2+. The maximum absolute atomic E-state index is 13.2. The number of carbonyl (C=O) groups excluding carboxylic acids is 2. The number of hydrogen-bond donors (Lipinski definition) is 3. The van der Waals surface area contributed by atoms with Gasteiger partial charge in [-0.3, -0.25) is 24.7 Å². The van der Waals surface area contributed by atoms with Crippen molar-refractivity contribution >= 4 is 46.4 Å². The number of H-pyrrole nitrogens is 1. The third kappa shape index (κ3) is 5.70. The summed E-state index contributed by atoms with van der Waals surface area (Å²) in [4.78, 5) is 31.9. The third-order valence-corrected chi connectivity index (χ3v) is 4.38. The molecule has 0 aliphatic heterocycles. The molecule has 0 radical (unpaired) electrons. The first-order chi connectivity index (χ1) is 16.0. The lowest BCUT2D eigenvalue weighted by atomic mass is 10.2. The van der Waals surface area contributed by atoms with Crippen LogP contribution in [0.5, 0.6) is 0 Å². The number of aromatic nitrogens is 4. The first-order valence-corrected chi connectivity index (χ1v) is 9.64. The van der Waals surface area contributed by atoms with Crippen LogP contribution in [0.3, 0.4) is 0 Å². The molecule has 1 aromatic carbocycles. The van der Waals surface area contributed by atoms with Gasteiger partial charge in [-0.1, -0.05) is 0 Å². The van der Waals surface area contributed by atoms with E-state index in [0.717, 1.165) is 12.4 Å². The summed E-state index contributed by atoms with van der Waals surface area (Å²) in [5.41, 5.74) is 1.99. The highest BCUT2D eigenvalue weighted by Gasteiger charge is 2.09. The molecule has 0 spiro atoms. The van der Waals surface area contributed by atoms with E-state index in [4.69, 9.17) is 0 Å². The number of carbonyl (C=O) groups is 2. The van der Waals surface area contributed by atoms with Gasteiger partial charge < -0.3 is 10.6 Å². The van der Waals surface area contributed by atoms with Gasteiger partial charge in [0.2, 0.25) is 11.8 Å². The number of pyridine rings is 2. The van der Waals surface area contributed by atoms with Crippen LogP contribution >= 0.6 is 0 Å². The molecule has 3 aromatic heterocycles. The number of benzene rings is 1. The number of nitrogens with one attached hydrogen (secondary N) is 3. The molecule has 3 heterocycles. The Morgan fingerprint density at radius 1 is 0.818 bits per heavy atom. The lowest BCUT2D eigenvalue weighted by Gasteiger charge is -2.03. The number of fused-ring (bicyclic) bond motifs is 1. The van der Waals surface area contributed by atoms with Crippen LogP contribution in [0.2, 0.25) is 0 Å². The molecule has 0 saturated carbocycles. The van der Waals surface area contributed by atoms with Gasteiger partial charge in [0.15, 0.2) is 5.82 Å². The summed E-state index contributed by atoms with van der Waals surface area (Å²) in [6.45, 7) is 0. The Labute approximate surface area is 186 Å². The number of anilines is 2. The van der Waals surface area contributed by atoms with Gasteiger partial charge in [0.1, 0.15) is 11.6 Å². The Hall–Kier alpha value is -4.73. The van der Waals surface area contributed by atoms with Crippen LogP contribution in [0, 0.1) is 11.6 Å². The highest BCUT2D eigenvalue weighted by atomic mass is 19.1. The minimum Gasteiger partial charge on any atom is -0.322 e. The third-order valence-electron chi connectivity index (χ3n) is 4.38. The van der Waals surface area contributed by atoms with Gasteiger partial charge in [0, 0.05) is 35.6 Å². The van der Waals surface area contributed by atoms with Crippen molar-refractivity contribution in [2.75, 3.05) is 10.6 Å². The van der Waals surface area contributed by atoms with Crippen LogP contribution in [-0.4, -0.2) is 32.0 Å². The number of rotatable bonds is 6. The van der Waals surface area contributed by atoms with E-state index in [2.05, 4.69) is 30.8 Å². The van der Waals surface area contributed by atoms with Gasteiger partial charge in [-0.25, -0.2) is 8.78 Å². The van der Waals surface area contributed by atoms with E-state index in [1.807, 2.05) is 0 Å². The van der Waals surface area contributed by atoms with Gasteiger partial charge in [-0.2, -0.15) is 5.10 Å². The topological polar surface area (TPSA) is 113 Å². The molecule has 164 valence electrons. The molecule has 0 aliphatic rings. The van der Waals surface area contributed by atoms with Crippen molar-refractivity contribution in [3.05, 3.63) is 90.0 Å². The van der Waals surface area contributed by atoms with Crippen LogP contribution in [0.15, 0.2) is 67.3 Å². The minimum absolute atomic E-state index is 0.259. The molecule has 4 aromatic rings. The van der Waals surface area contributed by atoms with E-state index in [0.29, 0.717) is 27.7 Å². The van der Waals surface area contributed by atoms with E-state index < -0.39 is 23.4 Å². The Balaban J connectivity index is 1.44. The zero-order valence-corrected chi connectivity index (χ0v) is 16.9. The normalized spacial score (nSPS) is 11.3. The number of amides is 2. The van der Waals surface area contributed by atoms with Gasteiger partial charge in [-0.15, -0.1) is 0 Å². The van der Waals surface area contributed by atoms with Crippen molar-refractivity contribution in [1.29, 1.82) is 0 Å². The first kappa shape index (κ1) is 21.5. The van der Waals surface area contributed by atoms with Crippen LogP contribution in [0.4, 0.5) is 20.3 Å². The quantitative estimate of drug-likeness (QED) is 0.389. The van der Waals surface area contributed by atoms with E-state index in [1.54, 1.807) is 18.2 Å². The Morgan fingerprint density at radius 3 is 2.03 bits per heavy atom. The minimum atomic E-state index is -0.507. The lowest BCUT2D eigenvalue weighted by Crippen LogP contribution is -2.09. The number of aromatic amines is 1. The van der Waals surface area contributed by atoms with Gasteiger partial charge in [-0.05, 0) is 53.6 Å². The second-order valence-corrected chi connectivity index (χ2v) is 6.85. The number of halogens is 2. The fourth-order valence-electron chi connectivity index (χ4n) is 2.91. The van der Waals surface area contributed by atoms with Crippen molar-refractivity contribution in [2.24, 2.45) is 0 Å². The molecule has 3 N–H and O–H groups in total. The smallest absolute Gasteiger partial charge is 0.249 e. The Morgan fingerprint density at radius 2 is 1.42 bits per heavy atom. The maximum Gasteiger partial charge on any atom is 0.249 e. The molecule has 4 rings (SSSR count). The van der Waals surface area contributed by atoms with Gasteiger partial charge in [0.05, 0.1) is 17.9 Å². The molecular weight excluding hydrogens is 430 g/mol. The predicted molar refractivity (Wildman–Crippen MR) is 120 cm³/mol. The van der Waals surface area contributed by atoms with Gasteiger partial charge >= 0.3 is 0 Å².